The van der Waals surface area contributed by atoms with Crippen molar-refractivity contribution in [3.8, 4) is 0 Å². The summed E-state index contributed by atoms with van der Waals surface area (Å²) < 4.78 is 4.93. The number of nitro groups is 1. The molecule has 0 saturated heterocycles. The van der Waals surface area contributed by atoms with Crippen molar-refractivity contribution in [1.29, 1.82) is 0 Å². The van der Waals surface area contributed by atoms with Gasteiger partial charge < -0.3 is 10.1 Å². The highest BCUT2D eigenvalue weighted by molar-refractivity contribution is 6.31. The highest BCUT2D eigenvalue weighted by Gasteiger charge is 2.40. The van der Waals surface area contributed by atoms with E-state index in [4.69, 9.17) is 16.3 Å². The first-order valence-electron chi connectivity index (χ1n) is 11.2. The van der Waals surface area contributed by atoms with Crippen molar-refractivity contribution in [2.24, 2.45) is 0 Å². The highest BCUT2D eigenvalue weighted by Crippen LogP contribution is 2.30. The molecule has 192 valence electrons. The molecule has 0 aromatic heterocycles. The van der Waals surface area contributed by atoms with Gasteiger partial charge in [0.1, 0.15) is 5.56 Å². The number of hydrogen-bond donors (Lipinski definition) is 1. The molecule has 1 N–H and O–H groups in total. The Morgan fingerprint density at radius 3 is 2.42 bits per heavy atom. The molecule has 12 heteroatoms. The predicted molar refractivity (Wildman–Crippen MR) is 134 cm³/mol. The van der Waals surface area contributed by atoms with Crippen LogP contribution in [-0.2, 0) is 14.3 Å². The van der Waals surface area contributed by atoms with Crippen LogP contribution in [0.3, 0.4) is 0 Å². The molecule has 0 radical (unpaired) electrons. The summed E-state index contributed by atoms with van der Waals surface area (Å²) in [7, 11) is 0. The molecule has 38 heavy (non-hydrogen) atoms. The molecule has 1 aliphatic rings. The second-order valence-electron chi connectivity index (χ2n) is 8.06. The summed E-state index contributed by atoms with van der Waals surface area (Å²) in [6.45, 7) is -1.09. The molecule has 3 amide bonds. The average Bonchev–Trinajstić information content (AvgIpc) is 3.16. The third-order valence-corrected chi connectivity index (χ3v) is 5.85. The lowest BCUT2D eigenvalue weighted by molar-refractivity contribution is -0.385. The number of halogens is 1. The van der Waals surface area contributed by atoms with E-state index in [1.165, 1.54) is 30.3 Å². The van der Waals surface area contributed by atoms with Crippen molar-refractivity contribution in [2.45, 2.75) is 6.42 Å². The normalized spacial score (nSPS) is 12.2. The number of hydrogen-bond acceptors (Lipinski definition) is 8. The minimum Gasteiger partial charge on any atom is -0.456 e. The highest BCUT2D eigenvalue weighted by atomic mass is 35.5. The number of anilines is 1. The van der Waals surface area contributed by atoms with E-state index in [1.54, 1.807) is 30.3 Å². The van der Waals surface area contributed by atoms with E-state index >= 15 is 0 Å². The Labute approximate surface area is 220 Å². The molecule has 0 saturated carbocycles. The second kappa shape index (κ2) is 11.0. The van der Waals surface area contributed by atoms with Gasteiger partial charge in [0, 0.05) is 28.8 Å². The Morgan fingerprint density at radius 2 is 1.71 bits per heavy atom. The van der Waals surface area contributed by atoms with Gasteiger partial charge in [0.05, 0.1) is 22.6 Å². The zero-order valence-electron chi connectivity index (χ0n) is 19.5. The molecule has 0 spiro atoms. The van der Waals surface area contributed by atoms with E-state index in [0.717, 1.165) is 6.07 Å². The minimum atomic E-state index is -0.888. The van der Waals surface area contributed by atoms with E-state index in [0.29, 0.717) is 10.5 Å². The fourth-order valence-corrected chi connectivity index (χ4v) is 4.01. The summed E-state index contributed by atoms with van der Waals surface area (Å²) in [5.74, 6) is -3.65. The number of esters is 1. The number of ether oxygens (including phenoxy) is 1. The fraction of sp³-hybridized carbons (Fsp3) is 0.115. The van der Waals surface area contributed by atoms with Gasteiger partial charge in [-0.1, -0.05) is 48.0 Å². The van der Waals surface area contributed by atoms with Gasteiger partial charge in [0.2, 0.25) is 0 Å². The molecule has 3 aromatic carbocycles. The Kier molecular flexibility index (Phi) is 7.58. The first kappa shape index (κ1) is 26.2. The van der Waals surface area contributed by atoms with Gasteiger partial charge in [0.15, 0.2) is 12.4 Å². The van der Waals surface area contributed by atoms with Gasteiger partial charge in [-0.05, 0) is 24.3 Å². The topological polar surface area (TPSA) is 153 Å². The van der Waals surface area contributed by atoms with Crippen LogP contribution in [0.2, 0.25) is 5.02 Å². The number of rotatable bonds is 9. The lowest BCUT2D eigenvalue weighted by Crippen LogP contribution is -2.32. The number of carbonyl (C=O) groups excluding carboxylic acids is 5. The fourth-order valence-electron chi connectivity index (χ4n) is 3.84. The van der Waals surface area contributed by atoms with E-state index in [2.05, 4.69) is 5.32 Å². The van der Waals surface area contributed by atoms with Crippen LogP contribution < -0.4 is 5.32 Å². The van der Waals surface area contributed by atoms with Crippen molar-refractivity contribution >= 4 is 52.4 Å². The Hall–Kier alpha value is -4.90. The molecule has 0 aliphatic carbocycles. The maximum absolute atomic E-state index is 12.9. The molecule has 3 aromatic rings. The smallest absolute Gasteiger partial charge is 0.308 e. The maximum atomic E-state index is 12.9. The van der Waals surface area contributed by atoms with E-state index in [1.807, 2.05) is 0 Å². The first-order valence-corrected chi connectivity index (χ1v) is 11.5. The summed E-state index contributed by atoms with van der Waals surface area (Å²) in [5, 5.41) is 14.0. The van der Waals surface area contributed by atoms with Crippen LogP contribution in [0.4, 0.5) is 11.4 Å². The molecule has 0 atom stereocenters. The summed E-state index contributed by atoms with van der Waals surface area (Å²) in [5.41, 5.74) is -0.273. The van der Waals surface area contributed by atoms with Crippen LogP contribution in [0.15, 0.2) is 66.7 Å². The number of nitrogens with one attached hydrogen (secondary N) is 1. The maximum Gasteiger partial charge on any atom is 0.308 e. The Morgan fingerprint density at radius 1 is 0.974 bits per heavy atom. The summed E-state index contributed by atoms with van der Waals surface area (Å²) in [4.78, 5) is 73.7. The molecule has 0 bridgehead atoms. The zero-order valence-corrected chi connectivity index (χ0v) is 20.3. The largest absolute Gasteiger partial charge is 0.456 e. The van der Waals surface area contributed by atoms with Gasteiger partial charge in [-0.3, -0.25) is 39.0 Å². The molecule has 0 fully saturated rings. The van der Waals surface area contributed by atoms with Crippen molar-refractivity contribution < 1.29 is 33.6 Å². The number of benzene rings is 3. The number of amides is 3. The summed E-state index contributed by atoms with van der Waals surface area (Å²) in [6.07, 6.45) is -0.439. The number of nitro benzene ring substituents is 1. The number of nitrogens with zero attached hydrogens (tertiary/aromatic N) is 2. The lowest BCUT2D eigenvalue weighted by Gasteiger charge is -2.14. The van der Waals surface area contributed by atoms with Gasteiger partial charge in [-0.2, -0.15) is 0 Å². The Bertz CT molecular complexity index is 1490. The molecule has 4 rings (SSSR count). The van der Waals surface area contributed by atoms with Crippen molar-refractivity contribution in [3.05, 3.63) is 104 Å². The zero-order chi connectivity index (χ0) is 27.4. The molecule has 1 heterocycles. The van der Waals surface area contributed by atoms with Crippen LogP contribution in [0.5, 0.6) is 0 Å². The van der Waals surface area contributed by atoms with Gasteiger partial charge >= 0.3 is 5.97 Å². The quantitative estimate of drug-likeness (QED) is 0.143. The van der Waals surface area contributed by atoms with Crippen LogP contribution in [0, 0.1) is 10.1 Å². The van der Waals surface area contributed by atoms with Crippen molar-refractivity contribution in [2.75, 3.05) is 18.5 Å². The molecule has 1 aliphatic heterocycles. The summed E-state index contributed by atoms with van der Waals surface area (Å²) >= 11 is 6.03. The SMILES string of the molecule is O=C(COC(=O)CCN1C(=O)c2cccc([N+](=O)[O-])c2C1=O)Nc1ccc(Cl)cc1C(=O)c1ccccc1. The van der Waals surface area contributed by atoms with E-state index in [9.17, 15) is 34.1 Å². The Balaban J connectivity index is 1.34. The van der Waals surface area contributed by atoms with Crippen LogP contribution in [0.1, 0.15) is 43.1 Å². The van der Waals surface area contributed by atoms with Crippen molar-refractivity contribution in [1.82, 2.24) is 4.90 Å². The molecule has 11 nitrogen and oxygen atoms in total. The predicted octanol–water partition coefficient (Wildman–Crippen LogP) is 3.65. The monoisotopic (exact) mass is 535 g/mol. The van der Waals surface area contributed by atoms with E-state index in [-0.39, 0.29) is 33.2 Å². The number of carbonyl (C=O) groups is 5. The number of imide groups is 1. The van der Waals surface area contributed by atoms with E-state index < -0.39 is 53.9 Å². The molecular formula is C26H18ClN3O8. The summed E-state index contributed by atoms with van der Waals surface area (Å²) in [6, 6.07) is 16.4. The third kappa shape index (κ3) is 5.42. The molecule has 0 unspecified atom stereocenters. The lowest BCUT2D eigenvalue weighted by atomic mass is 10.0. The van der Waals surface area contributed by atoms with Gasteiger partial charge in [-0.25, -0.2) is 0 Å². The van der Waals surface area contributed by atoms with Crippen LogP contribution >= 0.6 is 11.6 Å². The minimum absolute atomic E-state index is 0.124. The van der Waals surface area contributed by atoms with Crippen molar-refractivity contribution in [3.63, 3.8) is 0 Å². The number of ketones is 1. The van der Waals surface area contributed by atoms with Gasteiger partial charge in [0.25, 0.3) is 23.4 Å². The third-order valence-electron chi connectivity index (χ3n) is 5.61. The second-order valence-corrected chi connectivity index (χ2v) is 8.50. The standard InChI is InChI=1S/C26H18ClN3O8/c27-16-9-10-19(18(13-16)24(33)15-5-2-1-3-6-15)28-21(31)14-38-22(32)11-12-29-25(34)17-7-4-8-20(30(36)37)23(17)26(29)35/h1-10,13H,11-12,14H2,(H,28,31). The van der Waals surface area contributed by atoms with Gasteiger partial charge in [-0.15, -0.1) is 0 Å². The molecular weight excluding hydrogens is 518 g/mol. The van der Waals surface area contributed by atoms with Crippen LogP contribution in [-0.4, -0.2) is 52.4 Å². The van der Waals surface area contributed by atoms with Crippen LogP contribution in [0.25, 0.3) is 0 Å². The average molecular weight is 536 g/mol. The first-order chi connectivity index (χ1) is 18.2. The number of fused-ring (bicyclic) bond motifs is 1.